The molecule has 0 fully saturated rings. The quantitative estimate of drug-likeness (QED) is 0.396. The summed E-state index contributed by atoms with van der Waals surface area (Å²) < 4.78 is 5.30. The van der Waals surface area contributed by atoms with Crippen molar-refractivity contribution in [2.24, 2.45) is 0 Å². The number of allylic oxidation sites excluding steroid dienone is 1. The van der Waals surface area contributed by atoms with Crippen molar-refractivity contribution in [3.63, 3.8) is 0 Å². The molecule has 0 aliphatic carbocycles. The largest absolute Gasteiger partial charge is 0.479 e. The molecule has 2 nitrogen and oxygen atoms in total. The SMILES string of the molecule is C#CCOc1ccc(/C=C(\C#N)c2ccc(Cl)cc2Cl)cc1Cl. The van der Waals surface area contributed by atoms with Gasteiger partial charge in [0, 0.05) is 10.6 Å². The maximum Gasteiger partial charge on any atom is 0.148 e. The van der Waals surface area contributed by atoms with Gasteiger partial charge in [0.1, 0.15) is 12.4 Å². The summed E-state index contributed by atoms with van der Waals surface area (Å²) in [5.74, 6) is 2.86. The Morgan fingerprint density at radius 1 is 1.13 bits per heavy atom. The van der Waals surface area contributed by atoms with E-state index in [1.807, 2.05) is 0 Å². The first-order valence-electron chi connectivity index (χ1n) is 6.48. The zero-order chi connectivity index (χ0) is 16.8. The van der Waals surface area contributed by atoms with E-state index in [1.54, 1.807) is 42.5 Å². The van der Waals surface area contributed by atoms with Gasteiger partial charge in [0.25, 0.3) is 0 Å². The Labute approximate surface area is 149 Å². The monoisotopic (exact) mass is 361 g/mol. The molecule has 0 unspecified atom stereocenters. The molecule has 114 valence electrons. The molecular weight excluding hydrogens is 353 g/mol. The Bertz CT molecular complexity index is 844. The van der Waals surface area contributed by atoms with Crippen LogP contribution < -0.4 is 4.74 Å². The lowest BCUT2D eigenvalue weighted by Gasteiger charge is -2.07. The molecule has 2 aromatic carbocycles. The van der Waals surface area contributed by atoms with Crippen molar-refractivity contribution < 1.29 is 4.74 Å². The predicted octanol–water partition coefficient (Wildman–Crippen LogP) is 5.72. The van der Waals surface area contributed by atoms with Crippen molar-refractivity contribution in [2.75, 3.05) is 6.61 Å². The zero-order valence-corrected chi connectivity index (χ0v) is 14.1. The van der Waals surface area contributed by atoms with E-state index >= 15 is 0 Å². The van der Waals surface area contributed by atoms with Crippen LogP contribution >= 0.6 is 34.8 Å². The maximum absolute atomic E-state index is 9.38. The van der Waals surface area contributed by atoms with Gasteiger partial charge >= 0.3 is 0 Å². The third-order valence-corrected chi connectivity index (χ3v) is 3.76. The lowest BCUT2D eigenvalue weighted by atomic mass is 10.0. The number of hydrogen-bond acceptors (Lipinski definition) is 2. The highest BCUT2D eigenvalue weighted by Crippen LogP contribution is 2.30. The summed E-state index contributed by atoms with van der Waals surface area (Å²) in [6.45, 7) is 0.138. The first-order chi connectivity index (χ1) is 11.0. The fraction of sp³-hybridized carbons (Fsp3) is 0.0556. The Morgan fingerprint density at radius 3 is 2.52 bits per heavy atom. The molecule has 0 saturated carbocycles. The molecule has 0 aliphatic rings. The van der Waals surface area contributed by atoms with E-state index in [0.29, 0.717) is 32.0 Å². The molecule has 0 atom stereocenters. The smallest absolute Gasteiger partial charge is 0.148 e. The average Bonchev–Trinajstić information content (AvgIpc) is 2.52. The van der Waals surface area contributed by atoms with Crippen LogP contribution in [0.4, 0.5) is 0 Å². The fourth-order valence-corrected chi connectivity index (χ4v) is 2.64. The highest BCUT2D eigenvalue weighted by molar-refractivity contribution is 6.36. The Balaban J connectivity index is 2.37. The molecule has 23 heavy (non-hydrogen) atoms. The average molecular weight is 363 g/mol. The number of halogens is 3. The second kappa shape index (κ2) is 7.95. The van der Waals surface area contributed by atoms with Gasteiger partial charge in [-0.1, -0.05) is 52.9 Å². The van der Waals surface area contributed by atoms with Crippen LogP contribution in [0.5, 0.6) is 5.75 Å². The lowest BCUT2D eigenvalue weighted by Crippen LogP contribution is -1.94. The standard InChI is InChI=1S/C18H10Cl3NO/c1-2-7-23-18-6-3-12(9-17(18)21)8-13(11-22)15-5-4-14(19)10-16(15)20/h1,3-6,8-10H,7H2/b13-8+. The Hall–Kier alpha value is -2.10. The Kier molecular flexibility index (Phi) is 5.97. The number of benzene rings is 2. The minimum atomic E-state index is 0.138. The van der Waals surface area contributed by atoms with Gasteiger partial charge in [-0.2, -0.15) is 5.26 Å². The van der Waals surface area contributed by atoms with E-state index < -0.39 is 0 Å². The molecule has 5 heteroatoms. The number of nitriles is 1. The molecule has 0 N–H and O–H groups in total. The molecule has 0 radical (unpaired) electrons. The van der Waals surface area contributed by atoms with Gasteiger partial charge in [-0.05, 0) is 35.9 Å². The molecule has 0 spiro atoms. The van der Waals surface area contributed by atoms with E-state index in [-0.39, 0.29) is 6.61 Å². The van der Waals surface area contributed by atoms with Crippen LogP contribution in [-0.2, 0) is 0 Å². The third kappa shape index (κ3) is 4.44. The van der Waals surface area contributed by atoms with E-state index in [0.717, 1.165) is 5.56 Å². The summed E-state index contributed by atoms with van der Waals surface area (Å²) in [6, 6.07) is 12.3. The van der Waals surface area contributed by atoms with Crippen LogP contribution in [0.3, 0.4) is 0 Å². The highest BCUT2D eigenvalue weighted by Gasteiger charge is 2.08. The summed E-state index contributed by atoms with van der Waals surface area (Å²) in [4.78, 5) is 0. The topological polar surface area (TPSA) is 33.0 Å². The summed E-state index contributed by atoms with van der Waals surface area (Å²) in [5, 5.41) is 10.7. The van der Waals surface area contributed by atoms with Gasteiger partial charge in [0.05, 0.1) is 21.7 Å². The number of rotatable bonds is 4. The van der Waals surface area contributed by atoms with Gasteiger partial charge in [0.15, 0.2) is 0 Å². The van der Waals surface area contributed by atoms with Gasteiger partial charge in [-0.25, -0.2) is 0 Å². The van der Waals surface area contributed by atoms with Crippen molar-refractivity contribution in [3.8, 4) is 24.2 Å². The molecule has 0 bridgehead atoms. The summed E-state index contributed by atoms with van der Waals surface area (Å²) in [6.07, 6.45) is 6.83. The van der Waals surface area contributed by atoms with Crippen molar-refractivity contribution in [2.45, 2.75) is 0 Å². The van der Waals surface area contributed by atoms with Crippen LogP contribution in [0.15, 0.2) is 36.4 Å². The predicted molar refractivity (Wildman–Crippen MR) is 95.7 cm³/mol. The van der Waals surface area contributed by atoms with Crippen LogP contribution in [0.25, 0.3) is 11.6 Å². The minimum Gasteiger partial charge on any atom is -0.479 e. The van der Waals surface area contributed by atoms with Gasteiger partial charge in [-0.15, -0.1) is 6.42 Å². The molecule has 2 rings (SSSR count). The molecular formula is C18H10Cl3NO. The summed E-state index contributed by atoms with van der Waals surface area (Å²) in [7, 11) is 0. The minimum absolute atomic E-state index is 0.138. The zero-order valence-electron chi connectivity index (χ0n) is 11.8. The van der Waals surface area contributed by atoms with E-state index in [9.17, 15) is 5.26 Å². The molecule has 0 saturated heterocycles. The molecule has 0 aliphatic heterocycles. The van der Waals surface area contributed by atoms with Crippen LogP contribution in [0, 0.1) is 23.7 Å². The van der Waals surface area contributed by atoms with Crippen molar-refractivity contribution in [3.05, 3.63) is 62.6 Å². The second-order valence-corrected chi connectivity index (χ2v) is 5.73. The molecule has 0 amide bonds. The van der Waals surface area contributed by atoms with Gasteiger partial charge in [-0.3, -0.25) is 0 Å². The molecule has 2 aromatic rings. The van der Waals surface area contributed by atoms with Gasteiger partial charge < -0.3 is 4.74 Å². The van der Waals surface area contributed by atoms with Crippen LogP contribution in [0.2, 0.25) is 15.1 Å². The number of terminal acetylenes is 1. The fourth-order valence-electron chi connectivity index (χ4n) is 1.89. The van der Waals surface area contributed by atoms with Crippen LogP contribution in [0.1, 0.15) is 11.1 Å². The Morgan fingerprint density at radius 2 is 1.91 bits per heavy atom. The lowest BCUT2D eigenvalue weighted by molar-refractivity contribution is 0.370. The third-order valence-electron chi connectivity index (χ3n) is 2.92. The molecule has 0 heterocycles. The number of ether oxygens (including phenoxy) is 1. The van der Waals surface area contributed by atoms with E-state index in [2.05, 4.69) is 12.0 Å². The van der Waals surface area contributed by atoms with E-state index in [4.69, 9.17) is 46.0 Å². The number of hydrogen-bond donors (Lipinski definition) is 0. The summed E-state index contributed by atoms with van der Waals surface area (Å²) in [5.41, 5.74) is 1.74. The summed E-state index contributed by atoms with van der Waals surface area (Å²) >= 11 is 18.2. The van der Waals surface area contributed by atoms with Crippen molar-refractivity contribution in [1.29, 1.82) is 5.26 Å². The molecule has 0 aromatic heterocycles. The highest BCUT2D eigenvalue weighted by atomic mass is 35.5. The number of nitrogens with zero attached hydrogens (tertiary/aromatic N) is 1. The first kappa shape index (κ1) is 17.3. The maximum atomic E-state index is 9.38. The van der Waals surface area contributed by atoms with Crippen molar-refractivity contribution in [1.82, 2.24) is 0 Å². The first-order valence-corrected chi connectivity index (χ1v) is 7.61. The van der Waals surface area contributed by atoms with E-state index in [1.165, 1.54) is 0 Å². The normalized spacial score (nSPS) is 10.7. The van der Waals surface area contributed by atoms with Crippen molar-refractivity contribution >= 4 is 46.5 Å². The van der Waals surface area contributed by atoms with Gasteiger partial charge in [0.2, 0.25) is 0 Å². The van der Waals surface area contributed by atoms with Crippen LogP contribution in [-0.4, -0.2) is 6.61 Å². The second-order valence-electron chi connectivity index (χ2n) is 4.48.